The van der Waals surface area contributed by atoms with Crippen LogP contribution in [-0.4, -0.2) is 22.6 Å². The molecule has 0 radical (unpaired) electrons. The highest BCUT2D eigenvalue weighted by atomic mass is 35.5. The highest BCUT2D eigenvalue weighted by Crippen LogP contribution is 2.36. The Hall–Kier alpha value is -2.01. The average molecular weight is 348 g/mol. The summed E-state index contributed by atoms with van der Waals surface area (Å²) in [6, 6.07) is 5.44. The van der Waals surface area contributed by atoms with E-state index in [0.29, 0.717) is 5.02 Å². The fourth-order valence-corrected chi connectivity index (χ4v) is 3.52. The van der Waals surface area contributed by atoms with E-state index in [9.17, 15) is 4.79 Å². The van der Waals surface area contributed by atoms with Gasteiger partial charge in [0.1, 0.15) is 5.76 Å². The van der Waals surface area contributed by atoms with E-state index in [-0.39, 0.29) is 12.1 Å². The first-order valence-corrected chi connectivity index (χ1v) is 8.68. The molecule has 1 N–H and O–H groups in total. The van der Waals surface area contributed by atoms with Crippen LogP contribution in [-0.2, 0) is 6.42 Å². The molecule has 1 aromatic heterocycles. The highest BCUT2D eigenvalue weighted by molar-refractivity contribution is 6.31. The van der Waals surface area contributed by atoms with Gasteiger partial charge in [0, 0.05) is 29.2 Å². The summed E-state index contributed by atoms with van der Waals surface area (Å²) in [5, 5.41) is 7.73. The van der Waals surface area contributed by atoms with Gasteiger partial charge in [0.2, 0.25) is 0 Å². The van der Waals surface area contributed by atoms with Gasteiger partial charge in [0.05, 0.1) is 11.7 Å². The van der Waals surface area contributed by atoms with Crippen LogP contribution in [0.5, 0.6) is 0 Å². The van der Waals surface area contributed by atoms with Crippen molar-refractivity contribution in [2.75, 3.05) is 11.9 Å². The van der Waals surface area contributed by atoms with Crippen molar-refractivity contribution in [3.8, 4) is 0 Å². The van der Waals surface area contributed by atoms with Gasteiger partial charge in [0.25, 0.3) is 0 Å². The summed E-state index contributed by atoms with van der Waals surface area (Å²) in [7, 11) is 0. The quantitative estimate of drug-likeness (QED) is 0.861. The van der Waals surface area contributed by atoms with Crippen molar-refractivity contribution in [2.45, 2.75) is 46.1 Å². The number of carbonyl (C=O) groups is 1. The predicted octanol–water partition coefficient (Wildman–Crippen LogP) is 4.88. The molecule has 3 rings (SSSR count). The van der Waals surface area contributed by atoms with E-state index < -0.39 is 0 Å². The van der Waals surface area contributed by atoms with Crippen LogP contribution in [0.3, 0.4) is 0 Å². The van der Waals surface area contributed by atoms with Gasteiger partial charge in [-0.15, -0.1) is 0 Å². The molecule has 1 aromatic carbocycles. The number of urea groups is 1. The van der Waals surface area contributed by atoms with E-state index >= 15 is 0 Å². The summed E-state index contributed by atoms with van der Waals surface area (Å²) >= 11 is 6.14. The van der Waals surface area contributed by atoms with E-state index in [0.717, 1.165) is 54.1 Å². The van der Waals surface area contributed by atoms with Crippen molar-refractivity contribution >= 4 is 23.3 Å². The number of aromatic nitrogens is 1. The third-order valence-electron chi connectivity index (χ3n) is 4.66. The smallest absolute Gasteiger partial charge is 0.322 e. The summed E-state index contributed by atoms with van der Waals surface area (Å²) in [4.78, 5) is 14.7. The fourth-order valence-electron chi connectivity index (χ4n) is 3.35. The minimum absolute atomic E-state index is 0.0192. The summed E-state index contributed by atoms with van der Waals surface area (Å²) in [5.74, 6) is 0.871. The number of halogens is 1. The van der Waals surface area contributed by atoms with Gasteiger partial charge in [-0.05, 0) is 44.4 Å². The van der Waals surface area contributed by atoms with Crippen LogP contribution >= 0.6 is 11.6 Å². The zero-order valence-corrected chi connectivity index (χ0v) is 15.0. The predicted molar refractivity (Wildman–Crippen MR) is 94.5 cm³/mol. The number of hydrogen-bond donors (Lipinski definition) is 1. The third kappa shape index (κ3) is 3.00. The highest BCUT2D eigenvalue weighted by Gasteiger charge is 2.34. The molecule has 0 saturated carbocycles. The molecule has 2 amide bonds. The van der Waals surface area contributed by atoms with Gasteiger partial charge in [0.15, 0.2) is 0 Å². The Morgan fingerprint density at radius 2 is 2.25 bits per heavy atom. The van der Waals surface area contributed by atoms with Gasteiger partial charge >= 0.3 is 6.03 Å². The Bertz CT molecular complexity index is 757. The van der Waals surface area contributed by atoms with Gasteiger partial charge in [-0.3, -0.25) is 0 Å². The van der Waals surface area contributed by atoms with Crippen LogP contribution in [0.4, 0.5) is 10.5 Å². The Morgan fingerprint density at radius 1 is 1.46 bits per heavy atom. The maximum atomic E-state index is 12.8. The van der Waals surface area contributed by atoms with Crippen molar-refractivity contribution in [3.05, 3.63) is 45.8 Å². The second-order valence-corrected chi connectivity index (χ2v) is 6.56. The second kappa shape index (κ2) is 6.85. The van der Waals surface area contributed by atoms with Gasteiger partial charge in [-0.2, -0.15) is 0 Å². The van der Waals surface area contributed by atoms with Crippen LogP contribution in [0.1, 0.15) is 48.4 Å². The Morgan fingerprint density at radius 3 is 3.00 bits per heavy atom. The lowest BCUT2D eigenvalue weighted by atomic mass is 10.0. The maximum absolute atomic E-state index is 12.8. The van der Waals surface area contributed by atoms with E-state index in [1.165, 1.54) is 0 Å². The Balaban J connectivity index is 1.84. The molecule has 1 fully saturated rings. The molecule has 2 heterocycles. The molecule has 128 valence electrons. The normalized spacial score (nSPS) is 17.3. The molecule has 0 spiro atoms. The van der Waals surface area contributed by atoms with Gasteiger partial charge in [-0.1, -0.05) is 29.7 Å². The SMILES string of the molecule is CCc1onc(C)c1C1CCCN1C(=O)Nc1cccc(Cl)c1C. The van der Waals surface area contributed by atoms with Crippen molar-refractivity contribution in [1.29, 1.82) is 0 Å². The molecule has 0 bridgehead atoms. The summed E-state index contributed by atoms with van der Waals surface area (Å²) in [6.07, 6.45) is 2.67. The summed E-state index contributed by atoms with van der Waals surface area (Å²) in [5.41, 5.74) is 3.55. The first kappa shape index (κ1) is 16.8. The van der Waals surface area contributed by atoms with E-state index in [2.05, 4.69) is 10.5 Å². The van der Waals surface area contributed by atoms with Crippen molar-refractivity contribution in [1.82, 2.24) is 10.1 Å². The zero-order chi connectivity index (χ0) is 17.3. The molecule has 1 aliphatic heterocycles. The molecule has 5 nitrogen and oxygen atoms in total. The zero-order valence-electron chi connectivity index (χ0n) is 14.2. The molecule has 1 saturated heterocycles. The molecule has 1 aliphatic rings. The topological polar surface area (TPSA) is 58.4 Å². The van der Waals surface area contributed by atoms with Crippen LogP contribution in [0.15, 0.2) is 22.7 Å². The number of amides is 2. The Labute approximate surface area is 147 Å². The lowest BCUT2D eigenvalue weighted by molar-refractivity contribution is 0.206. The summed E-state index contributed by atoms with van der Waals surface area (Å²) < 4.78 is 5.41. The summed E-state index contributed by atoms with van der Waals surface area (Å²) in [6.45, 7) is 6.61. The number of anilines is 1. The number of hydrogen-bond acceptors (Lipinski definition) is 3. The first-order valence-electron chi connectivity index (χ1n) is 8.30. The van der Waals surface area contributed by atoms with Crippen LogP contribution in [0.2, 0.25) is 5.02 Å². The van der Waals surface area contributed by atoms with Crippen molar-refractivity contribution in [2.24, 2.45) is 0 Å². The van der Waals surface area contributed by atoms with Crippen LogP contribution in [0, 0.1) is 13.8 Å². The lowest BCUT2D eigenvalue weighted by Crippen LogP contribution is -2.35. The van der Waals surface area contributed by atoms with Crippen LogP contribution < -0.4 is 5.32 Å². The monoisotopic (exact) mass is 347 g/mol. The molecular formula is C18H22ClN3O2. The molecule has 2 aromatic rings. The van der Waals surface area contributed by atoms with Gasteiger partial charge in [-0.25, -0.2) is 4.79 Å². The molecule has 1 atom stereocenters. The number of nitrogens with one attached hydrogen (secondary N) is 1. The second-order valence-electron chi connectivity index (χ2n) is 6.15. The molecule has 24 heavy (non-hydrogen) atoms. The number of nitrogens with zero attached hydrogens (tertiary/aromatic N) is 2. The first-order chi connectivity index (χ1) is 11.5. The molecule has 1 unspecified atom stereocenters. The molecule has 0 aliphatic carbocycles. The fraction of sp³-hybridized carbons (Fsp3) is 0.444. The average Bonchev–Trinajstić information content (AvgIpc) is 3.17. The number of aryl methyl sites for hydroxylation is 2. The standard InChI is InChI=1S/C18H22ClN3O2/c1-4-16-17(12(3)21-24-16)15-9-6-10-22(15)18(23)20-14-8-5-7-13(19)11(14)2/h5,7-8,15H,4,6,9-10H2,1-3H3,(H,20,23). The largest absolute Gasteiger partial charge is 0.361 e. The van der Waals surface area contributed by atoms with Gasteiger partial charge < -0.3 is 14.7 Å². The minimum atomic E-state index is -0.106. The minimum Gasteiger partial charge on any atom is -0.361 e. The number of carbonyl (C=O) groups excluding carboxylic acids is 1. The third-order valence-corrected chi connectivity index (χ3v) is 5.07. The van der Waals surface area contributed by atoms with E-state index in [1.807, 2.05) is 43.9 Å². The maximum Gasteiger partial charge on any atom is 0.322 e. The number of benzene rings is 1. The van der Waals surface area contributed by atoms with E-state index in [1.54, 1.807) is 0 Å². The van der Waals surface area contributed by atoms with Crippen molar-refractivity contribution in [3.63, 3.8) is 0 Å². The van der Waals surface area contributed by atoms with Crippen molar-refractivity contribution < 1.29 is 9.32 Å². The Kier molecular flexibility index (Phi) is 4.81. The van der Waals surface area contributed by atoms with Crippen LogP contribution in [0.25, 0.3) is 0 Å². The lowest BCUT2D eigenvalue weighted by Gasteiger charge is -2.25. The molecular weight excluding hydrogens is 326 g/mol. The van der Waals surface area contributed by atoms with E-state index in [4.69, 9.17) is 16.1 Å². The molecule has 6 heteroatoms. The number of rotatable bonds is 3. The number of likely N-dealkylation sites (tertiary alicyclic amines) is 1.